The molecule has 166 valence electrons. The first-order chi connectivity index (χ1) is 15.1. The highest BCUT2D eigenvalue weighted by Gasteiger charge is 2.33. The first-order valence-corrected chi connectivity index (χ1v) is 9.87. The summed E-state index contributed by atoms with van der Waals surface area (Å²) in [6.45, 7) is 6.93. The van der Waals surface area contributed by atoms with E-state index >= 15 is 0 Å². The number of nitrogens with one attached hydrogen (secondary N) is 1. The molecule has 2 amide bonds. The molecule has 0 radical (unpaired) electrons. The Balaban J connectivity index is 1.94. The maximum absolute atomic E-state index is 14.1. The molecule has 0 aliphatic carbocycles. The van der Waals surface area contributed by atoms with Crippen LogP contribution < -0.4 is 10.2 Å². The Kier molecular flexibility index (Phi) is 6.53. The second kappa shape index (κ2) is 9.13. The van der Waals surface area contributed by atoms with Crippen LogP contribution in [0.1, 0.15) is 47.1 Å². The second-order valence-electron chi connectivity index (χ2n) is 8.12. The zero-order valence-corrected chi connectivity index (χ0v) is 18.1. The molecular weight excluding hydrogens is 416 g/mol. The minimum atomic E-state index is -1.09. The molecule has 0 atom stereocenters. The van der Waals surface area contributed by atoms with Crippen LogP contribution in [0.5, 0.6) is 11.6 Å². The van der Waals surface area contributed by atoms with Crippen LogP contribution in [-0.4, -0.2) is 27.3 Å². The smallest absolute Gasteiger partial charge is 0.278 e. The highest BCUT2D eigenvalue weighted by molar-refractivity contribution is 6.00. The molecule has 0 saturated heterocycles. The van der Waals surface area contributed by atoms with Gasteiger partial charge in [0.1, 0.15) is 28.5 Å². The zero-order chi connectivity index (χ0) is 23.5. The Morgan fingerprint density at radius 2 is 1.59 bits per heavy atom. The van der Waals surface area contributed by atoms with E-state index < -0.39 is 34.6 Å². The van der Waals surface area contributed by atoms with Crippen LogP contribution in [0.2, 0.25) is 0 Å². The maximum Gasteiger partial charge on any atom is 0.278 e. The molecule has 0 unspecified atom stereocenters. The van der Waals surface area contributed by atoms with E-state index in [1.165, 1.54) is 12.3 Å². The number of benzene rings is 2. The normalized spacial score (nSPS) is 11.1. The Morgan fingerprint density at radius 3 is 2.19 bits per heavy atom. The van der Waals surface area contributed by atoms with Crippen molar-refractivity contribution in [3.05, 3.63) is 89.1 Å². The van der Waals surface area contributed by atoms with Crippen molar-refractivity contribution in [2.45, 2.75) is 33.2 Å². The average Bonchev–Trinajstić information content (AvgIpc) is 2.73. The summed E-state index contributed by atoms with van der Waals surface area (Å²) < 4.78 is 33.9. The summed E-state index contributed by atoms with van der Waals surface area (Å²) >= 11 is 0. The van der Waals surface area contributed by atoms with Gasteiger partial charge in [0.15, 0.2) is 0 Å². The molecule has 6 nitrogen and oxygen atoms in total. The van der Waals surface area contributed by atoms with Gasteiger partial charge in [-0.1, -0.05) is 23.8 Å². The molecule has 8 heteroatoms. The third kappa shape index (κ3) is 5.08. The van der Waals surface area contributed by atoms with E-state index in [1.807, 2.05) is 19.1 Å². The van der Waals surface area contributed by atoms with Gasteiger partial charge in [-0.05, 0) is 64.1 Å². The van der Waals surface area contributed by atoms with Crippen molar-refractivity contribution < 1.29 is 23.1 Å². The summed E-state index contributed by atoms with van der Waals surface area (Å²) in [6, 6.07) is 13.3. The fourth-order valence-corrected chi connectivity index (χ4v) is 2.87. The van der Waals surface area contributed by atoms with Crippen molar-refractivity contribution in [3.8, 4) is 11.6 Å². The monoisotopic (exact) mass is 439 g/mol. The first-order valence-electron chi connectivity index (χ1n) is 9.87. The van der Waals surface area contributed by atoms with Gasteiger partial charge >= 0.3 is 0 Å². The van der Waals surface area contributed by atoms with E-state index in [0.29, 0.717) is 5.75 Å². The number of pyridine rings is 1. The molecule has 3 aromatic rings. The van der Waals surface area contributed by atoms with Crippen LogP contribution in [0.25, 0.3) is 0 Å². The number of ether oxygens (including phenoxy) is 1. The van der Waals surface area contributed by atoms with E-state index in [9.17, 15) is 18.4 Å². The van der Waals surface area contributed by atoms with Gasteiger partial charge in [0.2, 0.25) is 5.88 Å². The van der Waals surface area contributed by atoms with Crippen molar-refractivity contribution in [3.63, 3.8) is 0 Å². The molecule has 1 N–H and O–H groups in total. The van der Waals surface area contributed by atoms with Crippen LogP contribution in [-0.2, 0) is 0 Å². The molecule has 1 heterocycles. The van der Waals surface area contributed by atoms with E-state index in [4.69, 9.17) is 4.74 Å². The number of amides is 2. The van der Waals surface area contributed by atoms with Crippen LogP contribution >= 0.6 is 0 Å². The van der Waals surface area contributed by atoms with Gasteiger partial charge in [0.05, 0.1) is 5.54 Å². The Labute approximate surface area is 184 Å². The van der Waals surface area contributed by atoms with Crippen molar-refractivity contribution in [1.82, 2.24) is 15.4 Å². The molecular formula is C24H23F2N3O3. The number of nitrogens with zero attached hydrogens (tertiary/aromatic N) is 2. The topological polar surface area (TPSA) is 71.5 Å². The number of rotatable bonds is 4. The van der Waals surface area contributed by atoms with E-state index in [1.54, 1.807) is 39.0 Å². The molecule has 0 aliphatic heterocycles. The lowest BCUT2D eigenvalue weighted by Crippen LogP contribution is -2.56. The number of aromatic nitrogens is 1. The van der Waals surface area contributed by atoms with Gasteiger partial charge in [-0.25, -0.2) is 18.8 Å². The molecule has 2 aromatic carbocycles. The quantitative estimate of drug-likeness (QED) is 0.578. The number of hydrogen-bond donors (Lipinski definition) is 1. The second-order valence-corrected chi connectivity index (χ2v) is 8.12. The molecule has 1 aromatic heterocycles. The number of aryl methyl sites for hydroxylation is 1. The van der Waals surface area contributed by atoms with Crippen molar-refractivity contribution in [2.24, 2.45) is 0 Å². The molecule has 0 bridgehead atoms. The SMILES string of the molecule is Cc1ccc(Oc2ncccc2C(=O)N(NC(=O)c2c(F)cccc2F)C(C)(C)C)cc1. The molecule has 32 heavy (non-hydrogen) atoms. The van der Waals surface area contributed by atoms with Crippen LogP contribution in [0, 0.1) is 18.6 Å². The molecule has 0 aliphatic rings. The highest BCUT2D eigenvalue weighted by atomic mass is 19.1. The Bertz CT molecular complexity index is 1120. The summed E-state index contributed by atoms with van der Waals surface area (Å²) in [5, 5.41) is 1.00. The lowest BCUT2D eigenvalue weighted by molar-refractivity contribution is 0.0352. The van der Waals surface area contributed by atoms with E-state index in [2.05, 4.69) is 10.4 Å². The molecule has 0 saturated carbocycles. The number of carbonyl (C=O) groups excluding carboxylic acids is 2. The van der Waals surface area contributed by atoms with Crippen LogP contribution in [0.15, 0.2) is 60.8 Å². The predicted molar refractivity (Wildman–Crippen MR) is 115 cm³/mol. The lowest BCUT2D eigenvalue weighted by Gasteiger charge is -2.35. The fraction of sp³-hybridized carbons (Fsp3) is 0.208. The minimum Gasteiger partial charge on any atom is -0.438 e. The van der Waals surface area contributed by atoms with Gasteiger partial charge in [-0.2, -0.15) is 0 Å². The van der Waals surface area contributed by atoms with E-state index in [0.717, 1.165) is 28.8 Å². The van der Waals surface area contributed by atoms with Crippen molar-refractivity contribution in [2.75, 3.05) is 0 Å². The fourth-order valence-electron chi connectivity index (χ4n) is 2.87. The summed E-state index contributed by atoms with van der Waals surface area (Å²) in [5.41, 5.74) is 1.72. The van der Waals surface area contributed by atoms with Gasteiger partial charge < -0.3 is 4.74 Å². The third-order valence-electron chi connectivity index (χ3n) is 4.51. The zero-order valence-electron chi connectivity index (χ0n) is 18.1. The summed E-state index contributed by atoms with van der Waals surface area (Å²) in [5.74, 6) is -3.31. The number of hydrogen-bond acceptors (Lipinski definition) is 4. The van der Waals surface area contributed by atoms with Crippen molar-refractivity contribution >= 4 is 11.8 Å². The standard InChI is InChI=1S/C24H23F2N3O3/c1-15-10-12-16(13-11-15)32-22-17(7-6-14-27-22)23(31)29(24(2,3)4)28-21(30)20-18(25)8-5-9-19(20)26/h5-14H,1-4H3,(H,28,30). The van der Waals surface area contributed by atoms with Gasteiger partial charge in [0, 0.05) is 6.20 Å². The number of hydrazine groups is 1. The average molecular weight is 439 g/mol. The van der Waals surface area contributed by atoms with Crippen LogP contribution in [0.3, 0.4) is 0 Å². The minimum absolute atomic E-state index is 0.0296. The Morgan fingerprint density at radius 1 is 0.969 bits per heavy atom. The largest absolute Gasteiger partial charge is 0.438 e. The summed E-state index contributed by atoms with van der Waals surface area (Å²) in [6.07, 6.45) is 1.47. The Hall–Kier alpha value is -3.81. The van der Waals surface area contributed by atoms with Gasteiger partial charge in [-0.15, -0.1) is 0 Å². The lowest BCUT2D eigenvalue weighted by atomic mass is 10.1. The molecule has 0 fully saturated rings. The molecule has 0 spiro atoms. The third-order valence-corrected chi connectivity index (χ3v) is 4.51. The number of halogens is 2. The van der Waals surface area contributed by atoms with Crippen molar-refractivity contribution in [1.29, 1.82) is 0 Å². The van der Waals surface area contributed by atoms with E-state index in [-0.39, 0.29) is 11.4 Å². The van der Waals surface area contributed by atoms with Crippen LogP contribution in [0.4, 0.5) is 8.78 Å². The first kappa shape index (κ1) is 22.9. The highest BCUT2D eigenvalue weighted by Crippen LogP contribution is 2.26. The maximum atomic E-state index is 14.1. The predicted octanol–water partition coefficient (Wildman–Crippen LogP) is 5.05. The number of carbonyl (C=O) groups is 2. The molecule has 3 rings (SSSR count). The summed E-state index contributed by atoms with van der Waals surface area (Å²) in [4.78, 5) is 30.2. The van der Waals surface area contributed by atoms with Gasteiger partial charge in [-0.3, -0.25) is 15.0 Å². The van der Waals surface area contributed by atoms with Gasteiger partial charge in [0.25, 0.3) is 11.8 Å². The summed E-state index contributed by atoms with van der Waals surface area (Å²) in [7, 11) is 0.